The number of carbonyl (C=O) groups excluding carboxylic acids is 1. The predicted octanol–water partition coefficient (Wildman–Crippen LogP) is 1.85. The van der Waals surface area contributed by atoms with E-state index in [9.17, 15) is 4.79 Å². The van der Waals surface area contributed by atoms with Crippen molar-refractivity contribution in [2.24, 2.45) is 0 Å². The number of rotatable bonds is 3. The fourth-order valence-corrected chi connectivity index (χ4v) is 2.73. The van der Waals surface area contributed by atoms with Gasteiger partial charge in [-0.15, -0.1) is 11.3 Å². The van der Waals surface area contributed by atoms with Gasteiger partial charge in [-0.1, -0.05) is 0 Å². The Morgan fingerprint density at radius 3 is 3.05 bits per heavy atom. The van der Waals surface area contributed by atoms with Gasteiger partial charge < -0.3 is 14.8 Å². The molecule has 106 valence electrons. The molecule has 3 rings (SSSR count). The maximum Gasteiger partial charge on any atom is 0.290 e. The largest absolute Gasteiger partial charge is 0.491 e. The van der Waals surface area contributed by atoms with Crippen molar-refractivity contribution in [1.82, 2.24) is 14.7 Å². The van der Waals surface area contributed by atoms with E-state index in [0.29, 0.717) is 19.0 Å². The van der Waals surface area contributed by atoms with Crippen LogP contribution in [-0.4, -0.2) is 28.5 Å². The van der Waals surface area contributed by atoms with Crippen molar-refractivity contribution >= 4 is 22.2 Å². The molecule has 0 saturated heterocycles. The lowest BCUT2D eigenvalue weighted by molar-refractivity contribution is -0.123. The van der Waals surface area contributed by atoms with Gasteiger partial charge in [0.1, 0.15) is 19.0 Å². The Labute approximate surface area is 120 Å². The third-order valence-corrected chi connectivity index (χ3v) is 3.85. The number of amides is 1. The Morgan fingerprint density at radius 2 is 2.30 bits per heavy atom. The molecule has 1 aliphatic rings. The number of nitrogens with zero attached hydrogens (tertiary/aromatic N) is 2. The quantitative estimate of drug-likeness (QED) is 0.938. The van der Waals surface area contributed by atoms with Gasteiger partial charge in [-0.25, -0.2) is 4.98 Å². The van der Waals surface area contributed by atoms with Crippen LogP contribution in [0.5, 0.6) is 0 Å². The molecular formula is C13H15N3O3S. The lowest BCUT2D eigenvalue weighted by Gasteiger charge is -2.20. The highest BCUT2D eigenvalue weighted by Crippen LogP contribution is 2.18. The maximum absolute atomic E-state index is 12.1. The number of nitrogens with one attached hydrogen (secondary N) is 1. The molecule has 1 N–H and O–H groups in total. The summed E-state index contributed by atoms with van der Waals surface area (Å²) in [5, 5.41) is 4.84. The van der Waals surface area contributed by atoms with Crippen LogP contribution in [-0.2, 0) is 14.3 Å². The molecule has 0 bridgehead atoms. The van der Waals surface area contributed by atoms with E-state index in [4.69, 9.17) is 9.47 Å². The molecule has 20 heavy (non-hydrogen) atoms. The third-order valence-electron chi connectivity index (χ3n) is 3.08. The topological polar surface area (TPSA) is 64.9 Å². The molecule has 2 aromatic rings. The summed E-state index contributed by atoms with van der Waals surface area (Å²) in [7, 11) is 0. The summed E-state index contributed by atoms with van der Waals surface area (Å²) in [5.74, 6) is 0.502. The molecule has 2 aromatic heterocycles. The number of ether oxygens (including phenoxy) is 2. The highest BCUT2D eigenvalue weighted by molar-refractivity contribution is 7.15. The van der Waals surface area contributed by atoms with Gasteiger partial charge in [-0.05, 0) is 13.8 Å². The van der Waals surface area contributed by atoms with Crippen LogP contribution in [0.25, 0.3) is 4.96 Å². The van der Waals surface area contributed by atoms with Gasteiger partial charge in [0.2, 0.25) is 5.76 Å². The monoisotopic (exact) mass is 293 g/mol. The first-order valence-electron chi connectivity index (χ1n) is 6.34. The van der Waals surface area contributed by atoms with Gasteiger partial charge in [0.15, 0.2) is 4.96 Å². The SMILES string of the molecule is CC1=C(C(=O)NC(C)c2cn3ccsc3n2)OCCO1. The zero-order valence-electron chi connectivity index (χ0n) is 11.3. The smallest absolute Gasteiger partial charge is 0.290 e. The Hall–Kier alpha value is -2.02. The summed E-state index contributed by atoms with van der Waals surface area (Å²) < 4.78 is 12.6. The van der Waals surface area contributed by atoms with Crippen molar-refractivity contribution in [3.63, 3.8) is 0 Å². The third kappa shape index (κ3) is 2.36. The van der Waals surface area contributed by atoms with E-state index in [-0.39, 0.29) is 17.7 Å². The lowest BCUT2D eigenvalue weighted by atomic mass is 10.2. The highest BCUT2D eigenvalue weighted by Gasteiger charge is 2.22. The first-order chi connectivity index (χ1) is 9.65. The Balaban J connectivity index is 1.73. The summed E-state index contributed by atoms with van der Waals surface area (Å²) >= 11 is 1.56. The van der Waals surface area contributed by atoms with E-state index < -0.39 is 0 Å². The zero-order valence-corrected chi connectivity index (χ0v) is 12.1. The van der Waals surface area contributed by atoms with E-state index in [1.54, 1.807) is 18.3 Å². The molecule has 1 atom stereocenters. The van der Waals surface area contributed by atoms with Crippen LogP contribution in [0.3, 0.4) is 0 Å². The molecule has 0 saturated carbocycles. The van der Waals surface area contributed by atoms with Crippen molar-refractivity contribution in [1.29, 1.82) is 0 Å². The molecule has 0 fully saturated rings. The summed E-state index contributed by atoms with van der Waals surface area (Å²) in [5.41, 5.74) is 0.820. The maximum atomic E-state index is 12.1. The average molecular weight is 293 g/mol. The highest BCUT2D eigenvalue weighted by atomic mass is 32.1. The fraction of sp³-hybridized carbons (Fsp3) is 0.385. The molecule has 0 aliphatic carbocycles. The van der Waals surface area contributed by atoms with E-state index >= 15 is 0 Å². The van der Waals surface area contributed by atoms with Crippen molar-refractivity contribution in [2.75, 3.05) is 13.2 Å². The van der Waals surface area contributed by atoms with Crippen molar-refractivity contribution in [2.45, 2.75) is 19.9 Å². The molecule has 3 heterocycles. The minimum atomic E-state index is -0.272. The van der Waals surface area contributed by atoms with Gasteiger partial charge in [0.05, 0.1) is 11.7 Å². The number of aromatic nitrogens is 2. The van der Waals surface area contributed by atoms with Crippen molar-refractivity contribution < 1.29 is 14.3 Å². The van der Waals surface area contributed by atoms with Crippen molar-refractivity contribution in [3.05, 3.63) is 35.0 Å². The molecule has 0 radical (unpaired) electrons. The number of hydrogen-bond acceptors (Lipinski definition) is 5. The van der Waals surface area contributed by atoms with Crippen LogP contribution in [0, 0.1) is 0 Å². The number of imidazole rings is 1. The van der Waals surface area contributed by atoms with E-state index in [2.05, 4.69) is 10.3 Å². The van der Waals surface area contributed by atoms with Gasteiger partial charge in [-0.2, -0.15) is 0 Å². The lowest BCUT2D eigenvalue weighted by Crippen LogP contribution is -2.32. The van der Waals surface area contributed by atoms with Crippen LogP contribution >= 0.6 is 11.3 Å². The summed E-state index contributed by atoms with van der Waals surface area (Å²) in [6.45, 7) is 4.50. The molecule has 7 heteroatoms. The van der Waals surface area contributed by atoms with E-state index in [0.717, 1.165) is 10.7 Å². The predicted molar refractivity (Wildman–Crippen MR) is 74.2 cm³/mol. The molecule has 1 amide bonds. The second-order valence-corrected chi connectivity index (χ2v) is 5.41. The molecule has 0 spiro atoms. The molecule has 0 aromatic carbocycles. The van der Waals surface area contributed by atoms with Gasteiger partial charge >= 0.3 is 0 Å². The van der Waals surface area contributed by atoms with Crippen molar-refractivity contribution in [3.8, 4) is 0 Å². The van der Waals surface area contributed by atoms with Gasteiger partial charge in [0, 0.05) is 17.8 Å². The second kappa shape index (κ2) is 5.16. The number of allylic oxidation sites excluding steroid dienone is 1. The Kier molecular flexibility index (Phi) is 3.35. The molecule has 1 unspecified atom stereocenters. The summed E-state index contributed by atoms with van der Waals surface area (Å²) in [6.07, 6.45) is 3.85. The Bertz CT molecular complexity index is 645. The second-order valence-electron chi connectivity index (χ2n) is 4.54. The number of carbonyl (C=O) groups is 1. The summed E-state index contributed by atoms with van der Waals surface area (Å²) in [4.78, 5) is 17.5. The van der Waals surface area contributed by atoms with Gasteiger partial charge in [0.25, 0.3) is 5.91 Å². The number of hydrogen-bond donors (Lipinski definition) is 1. The zero-order chi connectivity index (χ0) is 14.1. The first-order valence-corrected chi connectivity index (χ1v) is 7.22. The molecule has 1 aliphatic heterocycles. The summed E-state index contributed by atoms with van der Waals surface area (Å²) in [6, 6.07) is -0.194. The minimum absolute atomic E-state index is 0.194. The first kappa shape index (κ1) is 13.0. The van der Waals surface area contributed by atoms with Gasteiger partial charge in [-0.3, -0.25) is 9.20 Å². The number of thiazole rings is 1. The molecular weight excluding hydrogens is 278 g/mol. The van der Waals surface area contributed by atoms with E-state index in [1.807, 2.05) is 29.1 Å². The minimum Gasteiger partial charge on any atom is -0.491 e. The van der Waals surface area contributed by atoms with Crippen LogP contribution in [0.2, 0.25) is 0 Å². The van der Waals surface area contributed by atoms with Crippen LogP contribution in [0.1, 0.15) is 25.6 Å². The average Bonchev–Trinajstić information content (AvgIpc) is 2.99. The molecule has 6 nitrogen and oxygen atoms in total. The Morgan fingerprint density at radius 1 is 1.50 bits per heavy atom. The van der Waals surface area contributed by atoms with Crippen LogP contribution in [0.4, 0.5) is 0 Å². The van der Waals surface area contributed by atoms with E-state index in [1.165, 1.54) is 0 Å². The van der Waals surface area contributed by atoms with Crippen LogP contribution < -0.4 is 5.32 Å². The standard InChI is InChI=1S/C13H15N3O3S/c1-8(10-7-16-3-6-20-13(16)15-10)14-12(17)11-9(2)18-4-5-19-11/h3,6-8H,4-5H2,1-2H3,(H,14,17). The van der Waals surface area contributed by atoms with Crippen LogP contribution in [0.15, 0.2) is 29.3 Å². The normalized spacial score (nSPS) is 16.7. The fourth-order valence-electron chi connectivity index (χ4n) is 2.02. The number of fused-ring (bicyclic) bond motifs is 1.